The summed E-state index contributed by atoms with van der Waals surface area (Å²) in [5.41, 5.74) is 5.05. The molecule has 5 nitrogen and oxygen atoms in total. The van der Waals surface area contributed by atoms with E-state index in [4.69, 9.17) is 0 Å². The van der Waals surface area contributed by atoms with Crippen molar-refractivity contribution in [2.45, 2.75) is 0 Å². The van der Waals surface area contributed by atoms with E-state index >= 15 is 0 Å². The quantitative estimate of drug-likeness (QED) is 0.484. The van der Waals surface area contributed by atoms with Gasteiger partial charge < -0.3 is 0 Å². The lowest BCUT2D eigenvalue weighted by Crippen LogP contribution is -1.94. The molecule has 0 bridgehead atoms. The maximum atomic E-state index is 13.1. The molecule has 5 aromatic rings. The molecule has 4 aromatic heterocycles. The molecule has 0 unspecified atom stereocenters. The summed E-state index contributed by atoms with van der Waals surface area (Å²) in [7, 11) is 0. The molecule has 0 aliphatic carbocycles. The average molecular weight is 341 g/mol. The number of pyridine rings is 2. The van der Waals surface area contributed by atoms with Gasteiger partial charge in [-0.3, -0.25) is 9.97 Å². The van der Waals surface area contributed by atoms with Crippen LogP contribution in [0, 0.1) is 5.82 Å². The van der Waals surface area contributed by atoms with Gasteiger partial charge in [-0.15, -0.1) is 0 Å². The van der Waals surface area contributed by atoms with Gasteiger partial charge in [0.1, 0.15) is 5.82 Å². The summed E-state index contributed by atoms with van der Waals surface area (Å²) in [5, 5.41) is 5.49. The Morgan fingerprint density at radius 2 is 1.73 bits per heavy atom. The highest BCUT2D eigenvalue weighted by Gasteiger charge is 2.12. The lowest BCUT2D eigenvalue weighted by molar-refractivity contribution is 0.622. The number of benzene rings is 1. The molecule has 0 radical (unpaired) electrons. The third kappa shape index (κ3) is 2.31. The second-order valence-corrected chi connectivity index (χ2v) is 5.91. The summed E-state index contributed by atoms with van der Waals surface area (Å²) < 4.78 is 14.8. The maximum Gasteiger partial charge on any atom is 0.162 e. The first kappa shape index (κ1) is 14.7. The Hall–Kier alpha value is -3.67. The van der Waals surface area contributed by atoms with Gasteiger partial charge in [-0.25, -0.2) is 13.9 Å². The van der Waals surface area contributed by atoms with Crippen molar-refractivity contribution in [2.75, 3.05) is 0 Å². The molecule has 4 heterocycles. The molecule has 0 amide bonds. The monoisotopic (exact) mass is 341 g/mol. The van der Waals surface area contributed by atoms with Crippen molar-refractivity contribution < 1.29 is 4.39 Å². The van der Waals surface area contributed by atoms with Gasteiger partial charge in [-0.1, -0.05) is 18.2 Å². The van der Waals surface area contributed by atoms with Crippen LogP contribution in [-0.2, 0) is 0 Å². The first-order chi connectivity index (χ1) is 12.8. The van der Waals surface area contributed by atoms with E-state index in [2.05, 4.69) is 20.1 Å². The molecule has 5 rings (SSSR count). The number of nitrogens with zero attached hydrogens (tertiary/aromatic N) is 5. The second kappa shape index (κ2) is 5.70. The normalized spacial score (nSPS) is 11.3. The summed E-state index contributed by atoms with van der Waals surface area (Å²) in [6.45, 7) is 0. The smallest absolute Gasteiger partial charge is 0.162 e. The molecule has 0 saturated carbocycles. The van der Waals surface area contributed by atoms with E-state index in [1.165, 1.54) is 12.3 Å². The summed E-state index contributed by atoms with van der Waals surface area (Å²) in [6, 6.07) is 13.0. The molecule has 0 fully saturated rings. The van der Waals surface area contributed by atoms with Crippen molar-refractivity contribution in [1.29, 1.82) is 0 Å². The van der Waals surface area contributed by atoms with Crippen molar-refractivity contribution in [3.63, 3.8) is 0 Å². The fourth-order valence-corrected chi connectivity index (χ4v) is 3.07. The molecule has 1 aromatic carbocycles. The van der Waals surface area contributed by atoms with Gasteiger partial charge in [0.2, 0.25) is 0 Å². The number of hydrogen-bond donors (Lipinski definition) is 0. The first-order valence-electron chi connectivity index (χ1n) is 8.09. The van der Waals surface area contributed by atoms with E-state index in [0.717, 1.165) is 33.2 Å². The highest BCUT2D eigenvalue weighted by Crippen LogP contribution is 2.30. The van der Waals surface area contributed by atoms with Gasteiger partial charge in [0, 0.05) is 35.1 Å². The summed E-state index contributed by atoms with van der Waals surface area (Å²) in [5.74, 6) is -0.367. The van der Waals surface area contributed by atoms with Gasteiger partial charge in [-0.2, -0.15) is 5.10 Å². The molecule has 0 spiro atoms. The molecular formula is C20H12FN5. The Kier molecular flexibility index (Phi) is 3.21. The number of halogens is 1. The highest BCUT2D eigenvalue weighted by molar-refractivity contribution is 5.97. The van der Waals surface area contributed by atoms with E-state index in [-0.39, 0.29) is 5.82 Å². The van der Waals surface area contributed by atoms with E-state index in [1.54, 1.807) is 29.2 Å². The third-order valence-electron chi connectivity index (χ3n) is 4.32. The van der Waals surface area contributed by atoms with Crippen LogP contribution < -0.4 is 0 Å². The molecule has 0 N–H and O–H groups in total. The number of para-hydroxylation sites is 1. The maximum absolute atomic E-state index is 13.1. The number of fused-ring (bicyclic) bond motifs is 2. The van der Waals surface area contributed by atoms with Crippen molar-refractivity contribution in [1.82, 2.24) is 24.6 Å². The fraction of sp³-hybridized carbons (Fsp3) is 0. The van der Waals surface area contributed by atoms with Crippen molar-refractivity contribution in [3.05, 3.63) is 79.3 Å². The summed E-state index contributed by atoms with van der Waals surface area (Å²) in [6.07, 6.45) is 8.35. The number of hydrogen-bond acceptors (Lipinski definition) is 4. The highest BCUT2D eigenvalue weighted by atomic mass is 19.1. The van der Waals surface area contributed by atoms with Crippen LogP contribution in [0.2, 0.25) is 0 Å². The molecule has 26 heavy (non-hydrogen) atoms. The van der Waals surface area contributed by atoms with E-state index in [0.29, 0.717) is 5.69 Å². The van der Waals surface area contributed by atoms with Crippen LogP contribution in [0.4, 0.5) is 4.39 Å². The van der Waals surface area contributed by atoms with Crippen molar-refractivity contribution >= 4 is 16.6 Å². The predicted octanol–water partition coefficient (Wildman–Crippen LogP) is 4.15. The third-order valence-corrected chi connectivity index (χ3v) is 4.32. The Labute approximate surface area is 147 Å². The lowest BCUT2D eigenvalue weighted by Gasteiger charge is -2.05. The zero-order valence-electron chi connectivity index (χ0n) is 13.5. The topological polar surface area (TPSA) is 56.0 Å². The Balaban J connectivity index is 1.67. The van der Waals surface area contributed by atoms with Crippen LogP contribution in [0.1, 0.15) is 0 Å². The standard InChI is InChI=1S/C20H12FN5/c21-14-5-6-18(23-10-14)13-9-24-20-17(11-25-26(20)12-13)15-7-8-22-19-4-2-1-3-16(15)19/h1-12H. The zero-order valence-corrected chi connectivity index (χ0v) is 13.5. The van der Waals surface area contributed by atoms with Gasteiger partial charge in [0.05, 0.1) is 23.6 Å². The average Bonchev–Trinajstić information content (AvgIpc) is 3.11. The molecule has 0 aliphatic rings. The Bertz CT molecular complexity index is 1240. The Morgan fingerprint density at radius 1 is 0.808 bits per heavy atom. The van der Waals surface area contributed by atoms with Crippen LogP contribution in [0.5, 0.6) is 0 Å². The van der Waals surface area contributed by atoms with Gasteiger partial charge in [0.15, 0.2) is 5.65 Å². The summed E-state index contributed by atoms with van der Waals surface area (Å²) >= 11 is 0. The SMILES string of the molecule is Fc1ccc(-c2cnc3c(-c4ccnc5ccccc45)cnn3c2)nc1. The Morgan fingerprint density at radius 3 is 2.62 bits per heavy atom. The van der Waals surface area contributed by atoms with E-state index in [9.17, 15) is 4.39 Å². The lowest BCUT2D eigenvalue weighted by atomic mass is 10.0. The minimum atomic E-state index is -0.367. The van der Waals surface area contributed by atoms with E-state index in [1.807, 2.05) is 36.5 Å². The van der Waals surface area contributed by atoms with Crippen LogP contribution in [0.15, 0.2) is 73.4 Å². The summed E-state index contributed by atoms with van der Waals surface area (Å²) in [4.78, 5) is 13.1. The molecule has 0 saturated heterocycles. The fourth-order valence-electron chi connectivity index (χ4n) is 3.07. The molecule has 0 atom stereocenters. The molecule has 124 valence electrons. The van der Waals surface area contributed by atoms with Crippen LogP contribution in [-0.4, -0.2) is 24.6 Å². The zero-order chi connectivity index (χ0) is 17.5. The molecular weight excluding hydrogens is 329 g/mol. The van der Waals surface area contributed by atoms with E-state index < -0.39 is 0 Å². The first-order valence-corrected chi connectivity index (χ1v) is 8.09. The number of rotatable bonds is 2. The predicted molar refractivity (Wildman–Crippen MR) is 96.9 cm³/mol. The second-order valence-electron chi connectivity index (χ2n) is 5.91. The molecule has 6 heteroatoms. The van der Waals surface area contributed by atoms with Crippen LogP contribution in [0.3, 0.4) is 0 Å². The van der Waals surface area contributed by atoms with Gasteiger partial charge in [-0.05, 0) is 29.8 Å². The van der Waals surface area contributed by atoms with Crippen LogP contribution >= 0.6 is 0 Å². The van der Waals surface area contributed by atoms with Crippen LogP contribution in [0.25, 0.3) is 38.9 Å². The number of aromatic nitrogens is 5. The molecule has 0 aliphatic heterocycles. The van der Waals surface area contributed by atoms with Gasteiger partial charge >= 0.3 is 0 Å². The largest absolute Gasteiger partial charge is 0.256 e. The van der Waals surface area contributed by atoms with Crippen molar-refractivity contribution in [3.8, 4) is 22.4 Å². The minimum Gasteiger partial charge on any atom is -0.256 e. The van der Waals surface area contributed by atoms with Crippen molar-refractivity contribution in [2.24, 2.45) is 0 Å². The van der Waals surface area contributed by atoms with Gasteiger partial charge in [0.25, 0.3) is 0 Å². The minimum absolute atomic E-state index is 0.367.